The summed E-state index contributed by atoms with van der Waals surface area (Å²) in [7, 11) is 0. The lowest BCUT2D eigenvalue weighted by molar-refractivity contribution is -0.122. The first-order valence-electron chi connectivity index (χ1n) is 8.13. The lowest BCUT2D eigenvalue weighted by Gasteiger charge is -2.28. The van der Waals surface area contributed by atoms with Gasteiger partial charge in [-0.1, -0.05) is 24.3 Å². The van der Waals surface area contributed by atoms with Crippen molar-refractivity contribution in [1.29, 1.82) is 0 Å². The standard InChI is InChI=1S/C17H25N3O.ClH/c21-17(19-10-13-20-11-8-18-9-12-20)16-7-3-5-14-4-1-2-6-15(14)16;/h1-2,4,6,16,18H,3,5,7-13H2,(H,19,21);1H. The third-order valence-corrected chi connectivity index (χ3v) is 4.62. The molecule has 1 atom stereocenters. The highest BCUT2D eigenvalue weighted by Crippen LogP contribution is 2.31. The first kappa shape index (κ1) is 17.3. The van der Waals surface area contributed by atoms with Gasteiger partial charge in [-0.3, -0.25) is 9.69 Å². The summed E-state index contributed by atoms with van der Waals surface area (Å²) in [6.45, 7) is 6.01. The van der Waals surface area contributed by atoms with Crippen molar-refractivity contribution in [3.63, 3.8) is 0 Å². The van der Waals surface area contributed by atoms with Crippen LogP contribution in [0.3, 0.4) is 0 Å². The number of aryl methyl sites for hydroxylation is 1. The van der Waals surface area contributed by atoms with E-state index >= 15 is 0 Å². The zero-order chi connectivity index (χ0) is 14.5. The molecule has 4 nitrogen and oxygen atoms in total. The molecule has 1 heterocycles. The Bertz CT molecular complexity index is 489. The van der Waals surface area contributed by atoms with Gasteiger partial charge < -0.3 is 10.6 Å². The van der Waals surface area contributed by atoms with Crippen molar-refractivity contribution in [3.8, 4) is 0 Å². The zero-order valence-electron chi connectivity index (χ0n) is 13.0. The highest BCUT2D eigenvalue weighted by atomic mass is 35.5. The van der Waals surface area contributed by atoms with Crippen molar-refractivity contribution in [1.82, 2.24) is 15.5 Å². The second kappa shape index (κ2) is 8.51. The van der Waals surface area contributed by atoms with Gasteiger partial charge in [-0.15, -0.1) is 12.4 Å². The second-order valence-electron chi connectivity index (χ2n) is 6.03. The van der Waals surface area contributed by atoms with Crippen molar-refractivity contribution < 1.29 is 4.79 Å². The van der Waals surface area contributed by atoms with Crippen LogP contribution in [-0.4, -0.2) is 50.1 Å². The molecule has 0 spiro atoms. The number of nitrogens with zero attached hydrogens (tertiary/aromatic N) is 1. The van der Waals surface area contributed by atoms with Crippen LogP contribution in [-0.2, 0) is 11.2 Å². The minimum Gasteiger partial charge on any atom is -0.354 e. The zero-order valence-corrected chi connectivity index (χ0v) is 13.8. The number of nitrogens with one attached hydrogen (secondary N) is 2. The molecule has 1 aromatic rings. The Labute approximate surface area is 139 Å². The molecule has 2 aliphatic rings. The molecule has 1 aliphatic heterocycles. The molecule has 1 aromatic carbocycles. The SMILES string of the molecule is Cl.O=C(NCCN1CCNCC1)C1CCCc2ccccc21. The number of benzene rings is 1. The molecule has 0 radical (unpaired) electrons. The van der Waals surface area contributed by atoms with Crippen LogP contribution in [0, 0.1) is 0 Å². The number of amides is 1. The third kappa shape index (κ3) is 4.22. The van der Waals surface area contributed by atoms with E-state index in [9.17, 15) is 4.79 Å². The Balaban J connectivity index is 0.00000176. The van der Waals surface area contributed by atoms with Crippen LogP contribution in [0.5, 0.6) is 0 Å². The predicted molar refractivity (Wildman–Crippen MR) is 91.7 cm³/mol. The maximum atomic E-state index is 12.5. The Morgan fingerprint density at radius 3 is 2.86 bits per heavy atom. The van der Waals surface area contributed by atoms with Crippen molar-refractivity contribution in [2.24, 2.45) is 0 Å². The second-order valence-corrected chi connectivity index (χ2v) is 6.03. The Morgan fingerprint density at radius 2 is 2.05 bits per heavy atom. The van der Waals surface area contributed by atoms with Gasteiger partial charge in [-0.05, 0) is 30.4 Å². The van der Waals surface area contributed by atoms with E-state index < -0.39 is 0 Å². The number of rotatable bonds is 4. The molecule has 122 valence electrons. The third-order valence-electron chi connectivity index (χ3n) is 4.62. The molecule has 1 amide bonds. The van der Waals surface area contributed by atoms with Gasteiger partial charge in [0, 0.05) is 39.3 Å². The molecule has 1 unspecified atom stereocenters. The normalized spacial score (nSPS) is 21.5. The summed E-state index contributed by atoms with van der Waals surface area (Å²) < 4.78 is 0. The Kier molecular flexibility index (Phi) is 6.68. The van der Waals surface area contributed by atoms with E-state index in [1.165, 1.54) is 11.1 Å². The number of carbonyl (C=O) groups excluding carboxylic acids is 1. The number of carbonyl (C=O) groups is 1. The molecule has 1 fully saturated rings. The quantitative estimate of drug-likeness (QED) is 0.883. The Hall–Kier alpha value is -1.10. The number of hydrogen-bond acceptors (Lipinski definition) is 3. The molecule has 3 rings (SSSR count). The molecule has 0 bridgehead atoms. The highest BCUT2D eigenvalue weighted by molar-refractivity contribution is 5.85. The minimum atomic E-state index is 0. The van der Waals surface area contributed by atoms with Crippen molar-refractivity contribution >= 4 is 18.3 Å². The summed E-state index contributed by atoms with van der Waals surface area (Å²) in [6.07, 6.45) is 3.21. The number of halogens is 1. The van der Waals surface area contributed by atoms with E-state index in [1.54, 1.807) is 0 Å². The van der Waals surface area contributed by atoms with Gasteiger partial charge in [0.05, 0.1) is 5.92 Å². The van der Waals surface area contributed by atoms with E-state index in [4.69, 9.17) is 0 Å². The number of hydrogen-bond donors (Lipinski definition) is 2. The smallest absolute Gasteiger partial charge is 0.227 e. The highest BCUT2D eigenvalue weighted by Gasteiger charge is 2.25. The number of piperazine rings is 1. The van der Waals surface area contributed by atoms with E-state index in [0.717, 1.165) is 58.5 Å². The van der Waals surface area contributed by atoms with Crippen molar-refractivity contribution in [2.75, 3.05) is 39.3 Å². The largest absolute Gasteiger partial charge is 0.354 e. The van der Waals surface area contributed by atoms with E-state index in [0.29, 0.717) is 0 Å². The van der Waals surface area contributed by atoms with Crippen LogP contribution in [0.1, 0.15) is 29.9 Å². The van der Waals surface area contributed by atoms with Gasteiger partial charge >= 0.3 is 0 Å². The van der Waals surface area contributed by atoms with Gasteiger partial charge in [0.25, 0.3) is 0 Å². The maximum Gasteiger partial charge on any atom is 0.227 e. The van der Waals surface area contributed by atoms with E-state index in [1.807, 2.05) is 6.07 Å². The summed E-state index contributed by atoms with van der Waals surface area (Å²) in [5.41, 5.74) is 2.59. The first-order chi connectivity index (χ1) is 10.3. The summed E-state index contributed by atoms with van der Waals surface area (Å²) >= 11 is 0. The average Bonchev–Trinajstić information content (AvgIpc) is 2.55. The topological polar surface area (TPSA) is 44.4 Å². The van der Waals surface area contributed by atoms with Gasteiger partial charge in [0.15, 0.2) is 0 Å². The van der Waals surface area contributed by atoms with Gasteiger partial charge in [0.1, 0.15) is 0 Å². The van der Waals surface area contributed by atoms with Crippen LogP contribution in [0.4, 0.5) is 0 Å². The molecule has 1 aliphatic carbocycles. The molecule has 0 saturated carbocycles. The van der Waals surface area contributed by atoms with Crippen LogP contribution < -0.4 is 10.6 Å². The fraction of sp³-hybridized carbons (Fsp3) is 0.588. The van der Waals surface area contributed by atoms with Crippen LogP contribution in [0.15, 0.2) is 24.3 Å². The van der Waals surface area contributed by atoms with E-state index in [2.05, 4.69) is 33.7 Å². The van der Waals surface area contributed by atoms with Crippen LogP contribution in [0.2, 0.25) is 0 Å². The van der Waals surface area contributed by atoms with Gasteiger partial charge in [0.2, 0.25) is 5.91 Å². The van der Waals surface area contributed by atoms with Gasteiger partial charge in [-0.2, -0.15) is 0 Å². The molecule has 5 heteroatoms. The van der Waals surface area contributed by atoms with Crippen molar-refractivity contribution in [3.05, 3.63) is 35.4 Å². The molecule has 22 heavy (non-hydrogen) atoms. The van der Waals surface area contributed by atoms with E-state index in [-0.39, 0.29) is 24.2 Å². The fourth-order valence-electron chi connectivity index (χ4n) is 3.42. The molecule has 2 N–H and O–H groups in total. The van der Waals surface area contributed by atoms with Gasteiger partial charge in [-0.25, -0.2) is 0 Å². The monoisotopic (exact) mass is 323 g/mol. The molecule has 0 aromatic heterocycles. The summed E-state index contributed by atoms with van der Waals surface area (Å²) in [6, 6.07) is 8.40. The maximum absolute atomic E-state index is 12.5. The summed E-state index contributed by atoms with van der Waals surface area (Å²) in [5, 5.41) is 6.49. The summed E-state index contributed by atoms with van der Waals surface area (Å²) in [5.74, 6) is 0.259. The fourth-order valence-corrected chi connectivity index (χ4v) is 3.42. The number of fused-ring (bicyclic) bond motifs is 1. The lowest BCUT2D eigenvalue weighted by Crippen LogP contribution is -2.46. The first-order valence-corrected chi connectivity index (χ1v) is 8.13. The van der Waals surface area contributed by atoms with Crippen LogP contribution in [0.25, 0.3) is 0 Å². The Morgan fingerprint density at radius 1 is 1.27 bits per heavy atom. The van der Waals surface area contributed by atoms with Crippen LogP contribution >= 0.6 is 12.4 Å². The molecular formula is C17H26ClN3O. The predicted octanol–water partition coefficient (Wildman–Crippen LogP) is 1.55. The minimum absolute atomic E-state index is 0. The van der Waals surface area contributed by atoms with Crippen molar-refractivity contribution in [2.45, 2.75) is 25.2 Å². The summed E-state index contributed by atoms with van der Waals surface area (Å²) in [4.78, 5) is 14.9. The lowest BCUT2D eigenvalue weighted by atomic mass is 9.82. The molecule has 1 saturated heterocycles. The average molecular weight is 324 g/mol. The molecular weight excluding hydrogens is 298 g/mol.